The van der Waals surface area contributed by atoms with E-state index in [1.54, 1.807) is 25.1 Å². The molecule has 1 heterocycles. The van der Waals surface area contributed by atoms with E-state index in [2.05, 4.69) is 0 Å². The average Bonchev–Trinajstić information content (AvgIpc) is 2.76. The van der Waals surface area contributed by atoms with Crippen molar-refractivity contribution in [1.29, 1.82) is 10.5 Å². The number of nitriles is 2. The first-order valence-corrected chi connectivity index (χ1v) is 10.7. The molecule has 0 fully saturated rings. The van der Waals surface area contributed by atoms with E-state index in [1.807, 2.05) is 10.9 Å². The summed E-state index contributed by atoms with van der Waals surface area (Å²) in [5, 5.41) is 36.9. The summed E-state index contributed by atoms with van der Waals surface area (Å²) in [6.07, 6.45) is 0. The van der Waals surface area contributed by atoms with Crippen LogP contribution in [0.25, 0.3) is 11.1 Å². The zero-order valence-corrected chi connectivity index (χ0v) is 18.0. The van der Waals surface area contributed by atoms with Gasteiger partial charge in [-0.05, 0) is 36.8 Å². The van der Waals surface area contributed by atoms with Crippen molar-refractivity contribution in [3.63, 3.8) is 0 Å². The molecule has 0 unspecified atom stereocenters. The van der Waals surface area contributed by atoms with Gasteiger partial charge in [-0.3, -0.25) is 15.2 Å². The van der Waals surface area contributed by atoms with Gasteiger partial charge in [0.1, 0.15) is 11.6 Å². The molecule has 2 aromatic carbocycles. The van der Waals surface area contributed by atoms with Crippen LogP contribution in [0.5, 0.6) is 0 Å². The van der Waals surface area contributed by atoms with Crippen molar-refractivity contribution in [1.82, 2.24) is 4.68 Å². The molecule has 0 saturated heterocycles. The van der Waals surface area contributed by atoms with Crippen molar-refractivity contribution in [2.45, 2.75) is 16.8 Å². The molecule has 0 amide bonds. The van der Waals surface area contributed by atoms with Crippen molar-refractivity contribution in [3.8, 4) is 23.3 Å². The summed E-state index contributed by atoms with van der Waals surface area (Å²) >= 11 is 5.20. The van der Waals surface area contributed by atoms with Crippen molar-refractivity contribution >= 4 is 28.3 Å². The zero-order chi connectivity index (χ0) is 23.6. The number of benzene rings is 2. The van der Waals surface area contributed by atoms with Crippen LogP contribution in [-0.4, -0.2) is 23.5 Å². The Balaban J connectivity index is 2.21. The molecule has 3 aromatic rings. The van der Waals surface area contributed by atoms with Gasteiger partial charge < -0.3 is 12.6 Å². The quantitative estimate of drug-likeness (QED) is 0.376. The summed E-state index contributed by atoms with van der Waals surface area (Å²) < 4.78 is 26.0. The SMILES string of the molecule is Cc1ccc(S(=O)(=O)Nn2c([S-])c(C#N)c(-c3ccc(N(O)O)cc3)c(C#N)c2=O)cc1. The fourth-order valence-corrected chi connectivity index (χ4v) is 4.23. The number of aromatic nitrogens is 1. The van der Waals surface area contributed by atoms with Crippen LogP contribution in [0.2, 0.25) is 0 Å². The Hall–Kier alpha value is -3.94. The van der Waals surface area contributed by atoms with Crippen LogP contribution in [-0.2, 0) is 22.7 Å². The molecule has 0 aliphatic rings. The molecule has 3 N–H and O–H groups in total. The summed E-state index contributed by atoms with van der Waals surface area (Å²) in [5.74, 6) is 0. The van der Waals surface area contributed by atoms with Gasteiger partial charge in [0.25, 0.3) is 15.6 Å². The summed E-state index contributed by atoms with van der Waals surface area (Å²) in [6, 6.07) is 14.6. The number of nitrogens with one attached hydrogen (secondary N) is 1. The highest BCUT2D eigenvalue weighted by atomic mass is 32.2. The van der Waals surface area contributed by atoms with Crippen molar-refractivity contribution < 1.29 is 18.8 Å². The molecule has 32 heavy (non-hydrogen) atoms. The summed E-state index contributed by atoms with van der Waals surface area (Å²) in [4.78, 5) is 14.9. The molecule has 10 nitrogen and oxygen atoms in total. The molecule has 12 heteroatoms. The topological polar surface area (TPSA) is 159 Å². The van der Waals surface area contributed by atoms with E-state index >= 15 is 0 Å². The third kappa shape index (κ3) is 4.12. The molecule has 3 rings (SSSR count). The maximum Gasteiger partial charge on any atom is 0.286 e. The smallest absolute Gasteiger partial charge is 0.286 e. The van der Waals surface area contributed by atoms with Crippen LogP contribution in [0.1, 0.15) is 16.7 Å². The Bertz CT molecular complexity index is 1430. The number of anilines is 1. The standard InChI is InChI=1S/C20H15N5O5S2/c1-12-2-8-15(9-3-12)32(29,30)23-24-19(26)16(10-21)18(17(11-22)20(24)31)13-4-6-14(7-5-13)25(27)28/h2-9,23,27-28,31H,1H3/p-1. The second-order valence-corrected chi connectivity index (χ2v) is 8.59. The van der Waals surface area contributed by atoms with Crippen molar-refractivity contribution in [3.05, 3.63) is 75.6 Å². The Kier molecular flexibility index (Phi) is 6.16. The first-order chi connectivity index (χ1) is 15.1. The number of sulfonamides is 1. The molecule has 162 valence electrons. The van der Waals surface area contributed by atoms with Crippen molar-refractivity contribution in [2.24, 2.45) is 0 Å². The molecule has 0 aliphatic heterocycles. The highest BCUT2D eigenvalue weighted by Gasteiger charge is 2.22. The van der Waals surface area contributed by atoms with E-state index in [-0.39, 0.29) is 32.5 Å². The number of hydrogen-bond acceptors (Lipinski definition) is 9. The lowest BCUT2D eigenvalue weighted by Gasteiger charge is -2.23. The first kappa shape index (κ1) is 22.7. The lowest BCUT2D eigenvalue weighted by atomic mass is 9.97. The third-order valence-electron chi connectivity index (χ3n) is 4.49. The molecule has 0 aliphatic carbocycles. The lowest BCUT2D eigenvalue weighted by molar-refractivity contribution is 0.0291. The van der Waals surface area contributed by atoms with E-state index < -0.39 is 26.2 Å². The molecule has 0 saturated carbocycles. The van der Waals surface area contributed by atoms with Gasteiger partial charge in [0.15, 0.2) is 0 Å². The van der Waals surface area contributed by atoms with E-state index in [9.17, 15) is 23.7 Å². The fourth-order valence-electron chi connectivity index (χ4n) is 2.89. The maximum absolute atomic E-state index is 13.0. The van der Waals surface area contributed by atoms with Gasteiger partial charge in [-0.1, -0.05) is 34.9 Å². The molecule has 0 radical (unpaired) electrons. The Morgan fingerprint density at radius 2 is 1.56 bits per heavy atom. The molecule has 1 aromatic heterocycles. The normalized spacial score (nSPS) is 10.8. The predicted octanol–water partition coefficient (Wildman–Crippen LogP) is 1.99. The van der Waals surface area contributed by atoms with E-state index in [0.717, 1.165) is 5.56 Å². The Labute approximate surface area is 188 Å². The average molecular weight is 468 g/mol. The molecule has 0 spiro atoms. The molecular formula is C20H14N5O5S2-. The molecular weight excluding hydrogens is 454 g/mol. The fraction of sp³-hybridized carbons (Fsp3) is 0.0500. The summed E-state index contributed by atoms with van der Waals surface area (Å²) in [5.41, 5.74) is -0.907. The van der Waals surface area contributed by atoms with E-state index in [4.69, 9.17) is 23.0 Å². The van der Waals surface area contributed by atoms with Gasteiger partial charge >= 0.3 is 0 Å². The van der Waals surface area contributed by atoms with Gasteiger partial charge in [-0.25, -0.2) is 9.51 Å². The number of hydrogen-bond donors (Lipinski definition) is 3. The maximum atomic E-state index is 13.0. The molecule has 0 atom stereocenters. The van der Waals surface area contributed by atoms with Crippen LogP contribution in [0.15, 0.2) is 63.2 Å². The zero-order valence-electron chi connectivity index (χ0n) is 16.3. The monoisotopic (exact) mass is 468 g/mol. The lowest BCUT2D eigenvalue weighted by Crippen LogP contribution is -2.36. The van der Waals surface area contributed by atoms with Crippen LogP contribution in [0.3, 0.4) is 0 Å². The van der Waals surface area contributed by atoms with Crippen LogP contribution >= 0.6 is 0 Å². The number of aryl methyl sites for hydroxylation is 1. The van der Waals surface area contributed by atoms with Crippen LogP contribution < -0.4 is 15.6 Å². The van der Waals surface area contributed by atoms with Gasteiger partial charge in [0.2, 0.25) is 0 Å². The highest BCUT2D eigenvalue weighted by Crippen LogP contribution is 2.29. The third-order valence-corrected chi connectivity index (χ3v) is 6.19. The highest BCUT2D eigenvalue weighted by molar-refractivity contribution is 7.92. The van der Waals surface area contributed by atoms with Crippen LogP contribution in [0, 0.1) is 29.6 Å². The predicted molar refractivity (Wildman–Crippen MR) is 115 cm³/mol. The van der Waals surface area contributed by atoms with Gasteiger partial charge in [-0.15, -0.1) is 5.23 Å². The first-order valence-electron chi connectivity index (χ1n) is 8.78. The van der Waals surface area contributed by atoms with Gasteiger partial charge in [0, 0.05) is 5.56 Å². The number of nitrogens with zero attached hydrogens (tertiary/aromatic N) is 4. The summed E-state index contributed by atoms with van der Waals surface area (Å²) in [7, 11) is -4.25. The minimum absolute atomic E-state index is 0.0106. The Morgan fingerprint density at radius 3 is 2.06 bits per heavy atom. The number of pyridine rings is 1. The Morgan fingerprint density at radius 1 is 1.00 bits per heavy atom. The second-order valence-electron chi connectivity index (χ2n) is 6.54. The van der Waals surface area contributed by atoms with E-state index in [1.165, 1.54) is 36.4 Å². The van der Waals surface area contributed by atoms with E-state index in [0.29, 0.717) is 4.68 Å². The van der Waals surface area contributed by atoms with Gasteiger partial charge in [0.05, 0.1) is 22.2 Å². The number of rotatable bonds is 5. The van der Waals surface area contributed by atoms with Gasteiger partial charge in [-0.2, -0.15) is 18.9 Å². The minimum atomic E-state index is -4.25. The molecule has 0 bridgehead atoms. The summed E-state index contributed by atoms with van der Waals surface area (Å²) in [6.45, 7) is 1.78. The van der Waals surface area contributed by atoms with Crippen LogP contribution in [0.4, 0.5) is 5.69 Å². The van der Waals surface area contributed by atoms with Crippen molar-refractivity contribution in [2.75, 3.05) is 10.1 Å². The largest absolute Gasteiger partial charge is 0.759 e. The minimum Gasteiger partial charge on any atom is -0.759 e. The second kappa shape index (κ2) is 8.66.